The van der Waals surface area contributed by atoms with Gasteiger partial charge < -0.3 is 8.92 Å². The largest absolute Gasteiger partial charge is 0.394 e. The monoisotopic (exact) mass is 490 g/mol. The van der Waals surface area contributed by atoms with Gasteiger partial charge in [-0.3, -0.25) is 4.79 Å². The maximum Gasteiger partial charge on any atom is 0.336 e. The van der Waals surface area contributed by atoms with Gasteiger partial charge in [0.2, 0.25) is 0 Å². The smallest absolute Gasteiger partial charge is 0.336 e. The molecule has 0 amide bonds. The highest BCUT2D eigenvalue weighted by Crippen LogP contribution is 2.43. The first kappa shape index (κ1) is 26.7. The average molecular weight is 491 g/mol. The molecule has 184 valence electrons. The third-order valence-corrected chi connectivity index (χ3v) is 7.02. The Kier molecular flexibility index (Phi) is 8.57. The number of Topliss-reactive ketones (excluding diaryl/α,β-unsaturated/α-hetero) is 1. The Morgan fingerprint density at radius 1 is 0.914 bits per heavy atom. The molecule has 5 heteroatoms. The van der Waals surface area contributed by atoms with Crippen molar-refractivity contribution in [3.05, 3.63) is 95.1 Å². The number of carbonyl (C=O) groups is 2. The summed E-state index contributed by atoms with van der Waals surface area (Å²) in [5, 5.41) is 0. The molecule has 0 aliphatic rings. The second kappa shape index (κ2) is 11.2. The van der Waals surface area contributed by atoms with Gasteiger partial charge in [-0.2, -0.15) is 0 Å². The van der Waals surface area contributed by atoms with E-state index in [1.807, 2.05) is 75.4 Å². The zero-order chi connectivity index (χ0) is 25.6. The van der Waals surface area contributed by atoms with E-state index in [2.05, 4.69) is 31.1 Å². The van der Waals surface area contributed by atoms with Gasteiger partial charge in [-0.05, 0) is 61.4 Å². The highest BCUT2D eigenvalue weighted by molar-refractivity contribution is 7.75. The van der Waals surface area contributed by atoms with Crippen LogP contribution in [0.1, 0.15) is 48.9 Å². The Balaban J connectivity index is 2.41. The number of thiol groups is 1. The van der Waals surface area contributed by atoms with E-state index >= 15 is 0 Å². The summed E-state index contributed by atoms with van der Waals surface area (Å²) >= 11 is 3.91. The number of methoxy groups -OCH3 is 1. The predicted octanol–water partition coefficient (Wildman–Crippen LogP) is 6.61. The molecular formula is C30H34O4S. The molecule has 0 N–H and O–H groups in total. The first-order valence-electron chi connectivity index (χ1n) is 11.9. The van der Waals surface area contributed by atoms with E-state index in [1.54, 1.807) is 6.92 Å². The molecule has 2 atom stereocenters. The lowest BCUT2D eigenvalue weighted by Crippen LogP contribution is -2.56. The molecule has 0 aromatic heterocycles. The molecule has 0 aliphatic carbocycles. The van der Waals surface area contributed by atoms with E-state index in [4.69, 9.17) is 8.92 Å². The number of ether oxygens (including phenoxy) is 1. The van der Waals surface area contributed by atoms with Crippen molar-refractivity contribution in [3.63, 3.8) is 0 Å². The molecule has 3 aromatic rings. The number of carbonyl (C=O) groups excluding carboxylic acids is 2. The minimum Gasteiger partial charge on any atom is -0.394 e. The lowest BCUT2D eigenvalue weighted by atomic mass is 9.65. The van der Waals surface area contributed by atoms with Crippen LogP contribution in [0.15, 0.2) is 72.8 Å². The molecular weight excluding hydrogens is 456 g/mol. The fourth-order valence-corrected chi connectivity index (χ4v) is 5.06. The van der Waals surface area contributed by atoms with Gasteiger partial charge in [0.1, 0.15) is 5.60 Å². The third-order valence-electron chi connectivity index (χ3n) is 6.86. The number of rotatable bonds is 10. The zero-order valence-electron chi connectivity index (χ0n) is 21.1. The van der Waals surface area contributed by atoms with Gasteiger partial charge in [-0.25, -0.2) is 4.79 Å². The van der Waals surface area contributed by atoms with E-state index < -0.39 is 17.0 Å². The van der Waals surface area contributed by atoms with Crippen molar-refractivity contribution in [1.82, 2.24) is 0 Å². The number of ketones is 1. The topological polar surface area (TPSA) is 52.6 Å². The standard InChI is InChI=1S/C30H34O4S/c1-6-18-29(4,33-5)27(31)30(28(32)34-35,20-23-12-8-7-9-13-23)26-15-11-10-14-24(26)25-19-21(2)16-17-22(25)3/h7-17,19,35H,6,18,20H2,1-5H3. The van der Waals surface area contributed by atoms with Gasteiger partial charge in [0.15, 0.2) is 11.2 Å². The van der Waals surface area contributed by atoms with Gasteiger partial charge in [0, 0.05) is 20.0 Å². The highest BCUT2D eigenvalue weighted by atomic mass is 32.1. The summed E-state index contributed by atoms with van der Waals surface area (Å²) < 4.78 is 10.9. The summed E-state index contributed by atoms with van der Waals surface area (Å²) in [5.74, 6) is -1.05. The van der Waals surface area contributed by atoms with Crippen LogP contribution in [0.4, 0.5) is 0 Å². The zero-order valence-corrected chi connectivity index (χ0v) is 22.0. The van der Waals surface area contributed by atoms with Crippen LogP contribution < -0.4 is 0 Å². The second-order valence-electron chi connectivity index (χ2n) is 9.32. The van der Waals surface area contributed by atoms with Gasteiger partial charge in [0.25, 0.3) is 0 Å². The maximum absolute atomic E-state index is 14.6. The molecule has 0 saturated heterocycles. The quantitative estimate of drug-likeness (QED) is 0.197. The first-order valence-corrected chi connectivity index (χ1v) is 12.3. The summed E-state index contributed by atoms with van der Waals surface area (Å²) in [4.78, 5) is 28.4. The summed E-state index contributed by atoms with van der Waals surface area (Å²) in [5.41, 5.74) is 2.47. The van der Waals surface area contributed by atoms with Crippen LogP contribution in [0.2, 0.25) is 0 Å². The summed E-state index contributed by atoms with van der Waals surface area (Å²) in [6, 6.07) is 23.3. The van der Waals surface area contributed by atoms with Gasteiger partial charge >= 0.3 is 5.97 Å². The van der Waals surface area contributed by atoms with Crippen molar-refractivity contribution in [2.24, 2.45) is 0 Å². The van der Waals surface area contributed by atoms with Crippen molar-refractivity contribution in [3.8, 4) is 11.1 Å². The Morgan fingerprint density at radius 2 is 1.57 bits per heavy atom. The first-order chi connectivity index (χ1) is 16.7. The minimum atomic E-state index is -1.67. The SMILES string of the molecule is CCCC(C)(OC)C(=O)C(Cc1ccccc1)(C(=O)OS)c1ccccc1-c1cc(C)ccc1C. The lowest BCUT2D eigenvalue weighted by Gasteiger charge is -2.39. The Hall–Kier alpha value is -2.89. The van der Waals surface area contributed by atoms with Crippen LogP contribution in [-0.4, -0.2) is 24.5 Å². The highest BCUT2D eigenvalue weighted by Gasteiger charge is 2.56. The molecule has 0 heterocycles. The Bertz CT molecular complexity index is 1190. The van der Waals surface area contributed by atoms with E-state index in [9.17, 15) is 9.59 Å². The van der Waals surface area contributed by atoms with Crippen LogP contribution in [0.25, 0.3) is 11.1 Å². The van der Waals surface area contributed by atoms with Crippen LogP contribution in [0, 0.1) is 13.8 Å². The summed E-state index contributed by atoms with van der Waals surface area (Å²) in [6.07, 6.45) is 1.30. The third kappa shape index (κ3) is 5.21. The van der Waals surface area contributed by atoms with Crippen molar-refractivity contribution >= 4 is 24.7 Å². The van der Waals surface area contributed by atoms with Crippen molar-refractivity contribution in [2.45, 2.75) is 58.0 Å². The van der Waals surface area contributed by atoms with Crippen LogP contribution in [0.3, 0.4) is 0 Å². The fraction of sp³-hybridized carbons (Fsp3) is 0.333. The molecule has 0 aliphatic heterocycles. The van der Waals surface area contributed by atoms with Gasteiger partial charge in [-0.1, -0.05) is 91.7 Å². The molecule has 35 heavy (non-hydrogen) atoms. The van der Waals surface area contributed by atoms with Gasteiger partial charge in [-0.15, -0.1) is 0 Å². The lowest BCUT2D eigenvalue weighted by molar-refractivity contribution is -0.156. The maximum atomic E-state index is 14.6. The molecule has 3 aromatic carbocycles. The van der Waals surface area contributed by atoms with Crippen LogP contribution in [-0.2, 0) is 30.3 Å². The molecule has 0 saturated carbocycles. The van der Waals surface area contributed by atoms with Crippen molar-refractivity contribution < 1.29 is 18.5 Å². The summed E-state index contributed by atoms with van der Waals surface area (Å²) in [6.45, 7) is 7.80. The second-order valence-corrected chi connectivity index (χ2v) is 9.51. The van der Waals surface area contributed by atoms with Crippen LogP contribution >= 0.6 is 12.9 Å². The molecule has 0 radical (unpaired) electrons. The molecule has 0 bridgehead atoms. The molecule has 2 unspecified atom stereocenters. The predicted molar refractivity (Wildman–Crippen MR) is 144 cm³/mol. The molecule has 0 spiro atoms. The Labute approximate surface area is 214 Å². The molecule has 0 fully saturated rings. The molecule has 3 rings (SSSR count). The summed E-state index contributed by atoms with van der Waals surface area (Å²) in [7, 11) is 1.52. The number of hydrogen-bond acceptors (Lipinski definition) is 5. The minimum absolute atomic E-state index is 0.122. The van der Waals surface area contributed by atoms with Gasteiger partial charge in [0.05, 0.1) is 0 Å². The number of benzene rings is 3. The van der Waals surface area contributed by atoms with Crippen molar-refractivity contribution in [1.29, 1.82) is 0 Å². The average Bonchev–Trinajstić information content (AvgIpc) is 2.88. The van der Waals surface area contributed by atoms with E-state index in [0.29, 0.717) is 18.4 Å². The Morgan fingerprint density at radius 3 is 2.20 bits per heavy atom. The van der Waals surface area contributed by atoms with Crippen molar-refractivity contribution in [2.75, 3.05) is 7.11 Å². The normalized spacial score (nSPS) is 14.6. The van der Waals surface area contributed by atoms with Crippen LogP contribution in [0.5, 0.6) is 0 Å². The van der Waals surface area contributed by atoms with E-state index in [1.165, 1.54) is 7.11 Å². The van der Waals surface area contributed by atoms with E-state index in [-0.39, 0.29) is 12.2 Å². The molecule has 4 nitrogen and oxygen atoms in total. The number of aryl methyl sites for hydroxylation is 2. The number of hydrogen-bond donors (Lipinski definition) is 1. The van der Waals surface area contributed by atoms with E-state index in [0.717, 1.165) is 27.8 Å². The fourth-order valence-electron chi connectivity index (χ4n) is 4.91.